The number of halogens is 1. The summed E-state index contributed by atoms with van der Waals surface area (Å²) in [6.45, 7) is 5.81. The summed E-state index contributed by atoms with van der Waals surface area (Å²) in [5.41, 5.74) is 1.93. The number of anilines is 2. The minimum absolute atomic E-state index is 0.0562. The lowest BCUT2D eigenvalue weighted by atomic mass is 10.0. The lowest BCUT2D eigenvalue weighted by molar-refractivity contribution is -0.118. The number of sulfonamides is 1. The fourth-order valence-corrected chi connectivity index (χ4v) is 5.30. The van der Waals surface area contributed by atoms with Crippen LogP contribution in [0.1, 0.15) is 32.8 Å². The van der Waals surface area contributed by atoms with Crippen LogP contribution in [0.5, 0.6) is 5.75 Å². The van der Waals surface area contributed by atoms with Crippen LogP contribution in [0, 0.1) is 5.92 Å². The Morgan fingerprint density at radius 2 is 1.91 bits per heavy atom. The van der Waals surface area contributed by atoms with Crippen molar-refractivity contribution in [3.8, 4) is 5.75 Å². The van der Waals surface area contributed by atoms with Crippen LogP contribution >= 0.6 is 11.6 Å². The maximum Gasteiger partial charge on any atom is 0.242 e. The largest absolute Gasteiger partial charge is 0.495 e. The second-order valence-corrected chi connectivity index (χ2v) is 10.5. The first-order valence-electron chi connectivity index (χ1n) is 10.6. The molecule has 0 aliphatic carbocycles. The van der Waals surface area contributed by atoms with Crippen molar-refractivity contribution in [2.45, 2.75) is 44.6 Å². The Morgan fingerprint density at radius 1 is 1.18 bits per heavy atom. The Labute approximate surface area is 199 Å². The predicted octanol–water partition coefficient (Wildman–Crippen LogP) is 3.59. The van der Waals surface area contributed by atoms with Gasteiger partial charge in [-0.15, -0.1) is 0 Å². The van der Waals surface area contributed by atoms with E-state index in [1.807, 2.05) is 13.8 Å². The molecule has 1 atom stereocenters. The second-order valence-electron chi connectivity index (χ2n) is 8.35. The van der Waals surface area contributed by atoms with E-state index in [-0.39, 0.29) is 16.7 Å². The molecule has 10 heteroatoms. The van der Waals surface area contributed by atoms with E-state index in [1.165, 1.54) is 20.1 Å². The van der Waals surface area contributed by atoms with Crippen molar-refractivity contribution in [1.82, 2.24) is 4.72 Å². The molecular weight excluding hydrogens is 466 g/mol. The summed E-state index contributed by atoms with van der Waals surface area (Å²) in [4.78, 5) is 26.4. The molecule has 178 valence electrons. The molecular formula is C23H28ClN3O5S. The van der Waals surface area contributed by atoms with E-state index in [1.54, 1.807) is 35.2 Å². The summed E-state index contributed by atoms with van der Waals surface area (Å²) in [7, 11) is -2.49. The van der Waals surface area contributed by atoms with E-state index in [0.29, 0.717) is 41.5 Å². The summed E-state index contributed by atoms with van der Waals surface area (Å²) in [5.74, 6) is -0.0479. The van der Waals surface area contributed by atoms with Crippen LogP contribution in [-0.2, 0) is 26.0 Å². The van der Waals surface area contributed by atoms with Crippen LogP contribution in [0.15, 0.2) is 41.3 Å². The number of amides is 2. The van der Waals surface area contributed by atoms with Crippen LogP contribution in [0.3, 0.4) is 0 Å². The number of hydrogen-bond acceptors (Lipinski definition) is 5. The van der Waals surface area contributed by atoms with Gasteiger partial charge in [0.25, 0.3) is 0 Å². The Bertz CT molecular complexity index is 1170. The summed E-state index contributed by atoms with van der Waals surface area (Å²) in [6, 6.07) is 8.46. The van der Waals surface area contributed by atoms with Crippen molar-refractivity contribution in [3.05, 3.63) is 47.0 Å². The predicted molar refractivity (Wildman–Crippen MR) is 128 cm³/mol. The third-order valence-electron chi connectivity index (χ3n) is 5.38. The number of fused-ring (bicyclic) bond motifs is 1. The van der Waals surface area contributed by atoms with Crippen molar-refractivity contribution < 1.29 is 22.7 Å². The lowest BCUT2D eigenvalue weighted by Crippen LogP contribution is -2.44. The van der Waals surface area contributed by atoms with Crippen molar-refractivity contribution in [2.24, 2.45) is 5.92 Å². The van der Waals surface area contributed by atoms with Crippen molar-refractivity contribution >= 4 is 44.8 Å². The van der Waals surface area contributed by atoms with E-state index in [2.05, 4.69) is 10.0 Å². The van der Waals surface area contributed by atoms with Crippen molar-refractivity contribution in [2.75, 3.05) is 23.9 Å². The third-order valence-corrected chi connectivity index (χ3v) is 7.14. The van der Waals surface area contributed by atoms with Gasteiger partial charge in [0, 0.05) is 24.8 Å². The SMILES string of the molecule is COc1ccc(NC(=O)[C@H](CC(C)C)NS(=O)(=O)c2ccc3c(c2)CCN3C(C)=O)cc1Cl. The smallest absolute Gasteiger partial charge is 0.242 e. The van der Waals surface area contributed by atoms with Crippen LogP contribution in [0.25, 0.3) is 0 Å². The fourth-order valence-electron chi connectivity index (χ4n) is 3.78. The first-order valence-corrected chi connectivity index (χ1v) is 12.5. The first kappa shape index (κ1) is 25.0. The molecule has 2 aromatic carbocycles. The topological polar surface area (TPSA) is 105 Å². The average Bonchev–Trinajstić information content (AvgIpc) is 3.16. The maximum atomic E-state index is 13.1. The molecule has 0 bridgehead atoms. The molecule has 2 N–H and O–H groups in total. The van der Waals surface area contributed by atoms with Crippen LogP contribution in [0.4, 0.5) is 11.4 Å². The molecule has 0 saturated carbocycles. The molecule has 0 unspecified atom stereocenters. The van der Waals surface area contributed by atoms with E-state index in [9.17, 15) is 18.0 Å². The molecule has 3 rings (SSSR count). The number of nitrogens with zero attached hydrogens (tertiary/aromatic N) is 1. The summed E-state index contributed by atoms with van der Waals surface area (Å²) in [6.07, 6.45) is 0.879. The monoisotopic (exact) mass is 493 g/mol. The number of rotatable bonds is 8. The molecule has 0 saturated heterocycles. The van der Waals surface area contributed by atoms with Gasteiger partial charge in [-0.2, -0.15) is 4.72 Å². The number of hydrogen-bond donors (Lipinski definition) is 2. The van der Waals surface area contributed by atoms with Gasteiger partial charge in [0.15, 0.2) is 0 Å². The van der Waals surface area contributed by atoms with E-state index >= 15 is 0 Å². The Balaban J connectivity index is 1.81. The van der Waals surface area contributed by atoms with Crippen LogP contribution in [0.2, 0.25) is 5.02 Å². The van der Waals surface area contributed by atoms with Crippen molar-refractivity contribution in [3.63, 3.8) is 0 Å². The number of benzene rings is 2. The van der Waals surface area contributed by atoms with Gasteiger partial charge in [-0.05, 0) is 60.7 Å². The number of carbonyl (C=O) groups is 2. The molecule has 2 aromatic rings. The summed E-state index contributed by atoms with van der Waals surface area (Å²) < 4.78 is 33.9. The molecule has 2 amide bonds. The van der Waals surface area contributed by atoms with Gasteiger partial charge in [-0.1, -0.05) is 25.4 Å². The van der Waals surface area contributed by atoms with Gasteiger partial charge in [0.1, 0.15) is 11.8 Å². The number of carbonyl (C=O) groups excluding carboxylic acids is 2. The molecule has 1 aliphatic rings. The highest BCUT2D eigenvalue weighted by molar-refractivity contribution is 7.89. The maximum absolute atomic E-state index is 13.1. The average molecular weight is 494 g/mol. The highest BCUT2D eigenvalue weighted by Gasteiger charge is 2.29. The zero-order chi connectivity index (χ0) is 24.3. The molecule has 0 radical (unpaired) electrons. The normalized spacial score (nSPS) is 14.2. The zero-order valence-corrected chi connectivity index (χ0v) is 20.6. The van der Waals surface area contributed by atoms with E-state index in [4.69, 9.17) is 16.3 Å². The highest BCUT2D eigenvalue weighted by Crippen LogP contribution is 2.31. The molecule has 1 heterocycles. The Hall–Kier alpha value is -2.62. The molecule has 0 fully saturated rings. The first-order chi connectivity index (χ1) is 15.5. The second kappa shape index (κ2) is 10.1. The van der Waals surface area contributed by atoms with Crippen molar-refractivity contribution in [1.29, 1.82) is 0 Å². The molecule has 8 nitrogen and oxygen atoms in total. The molecule has 1 aliphatic heterocycles. The summed E-state index contributed by atoms with van der Waals surface area (Å²) >= 11 is 6.13. The molecule has 0 spiro atoms. The Morgan fingerprint density at radius 3 is 2.52 bits per heavy atom. The van der Waals surface area contributed by atoms with Gasteiger partial charge < -0.3 is 15.0 Å². The summed E-state index contributed by atoms with van der Waals surface area (Å²) in [5, 5.41) is 3.05. The van der Waals surface area contributed by atoms with E-state index in [0.717, 1.165) is 5.56 Å². The number of methoxy groups -OCH3 is 1. The standard InChI is InChI=1S/C23H28ClN3O5S/c1-14(2)11-20(23(29)25-17-5-8-22(32-4)19(24)13-17)26-33(30,31)18-6-7-21-16(12-18)9-10-27(21)15(3)28/h5-8,12-14,20,26H,9-11H2,1-4H3,(H,25,29)/t20-/m0/s1. The van der Waals surface area contributed by atoms with Gasteiger partial charge >= 0.3 is 0 Å². The van der Waals surface area contributed by atoms with Gasteiger partial charge in [-0.3, -0.25) is 9.59 Å². The quantitative estimate of drug-likeness (QED) is 0.584. The van der Waals surface area contributed by atoms with Crippen LogP contribution < -0.4 is 19.7 Å². The molecule has 0 aromatic heterocycles. The minimum Gasteiger partial charge on any atom is -0.495 e. The van der Waals surface area contributed by atoms with Crippen LogP contribution in [-0.4, -0.2) is 39.9 Å². The Kier molecular flexibility index (Phi) is 7.66. The minimum atomic E-state index is -3.98. The fraction of sp³-hybridized carbons (Fsp3) is 0.391. The zero-order valence-electron chi connectivity index (χ0n) is 19.0. The third kappa shape index (κ3) is 5.85. The van der Waals surface area contributed by atoms with Gasteiger partial charge in [0.05, 0.1) is 17.0 Å². The van der Waals surface area contributed by atoms with Gasteiger partial charge in [0.2, 0.25) is 21.8 Å². The number of ether oxygens (including phenoxy) is 1. The molecule has 33 heavy (non-hydrogen) atoms. The van der Waals surface area contributed by atoms with E-state index < -0.39 is 22.0 Å². The number of nitrogens with one attached hydrogen (secondary N) is 2. The highest BCUT2D eigenvalue weighted by atomic mass is 35.5. The lowest BCUT2D eigenvalue weighted by Gasteiger charge is -2.21. The van der Waals surface area contributed by atoms with Gasteiger partial charge in [-0.25, -0.2) is 8.42 Å².